The molecule has 0 aromatic heterocycles. The average Bonchev–Trinajstić information content (AvgIpc) is 2.48. The van der Waals surface area contributed by atoms with Gasteiger partial charge in [-0.3, -0.25) is 4.79 Å². The van der Waals surface area contributed by atoms with Crippen LogP contribution in [0.15, 0.2) is 54.6 Å². The number of nitrogens with one attached hydrogen (secondary N) is 2. The fourth-order valence-corrected chi connectivity index (χ4v) is 1.97. The molecule has 3 nitrogen and oxygen atoms in total. The first-order valence-corrected chi connectivity index (χ1v) is 6.80. The van der Waals surface area contributed by atoms with Crippen LogP contribution in [0.25, 0.3) is 0 Å². The molecule has 1 atom stereocenters. The van der Waals surface area contributed by atoms with Crippen molar-refractivity contribution in [2.24, 2.45) is 0 Å². The summed E-state index contributed by atoms with van der Waals surface area (Å²) in [5.41, 5.74) is 3.23. The highest BCUT2D eigenvalue weighted by molar-refractivity contribution is 5.84. The van der Waals surface area contributed by atoms with Crippen molar-refractivity contribution >= 4 is 11.6 Å². The predicted octanol–water partition coefficient (Wildman–Crippen LogP) is 3.11. The maximum Gasteiger partial charge on any atom is 0.242 e. The maximum atomic E-state index is 12.1. The lowest BCUT2D eigenvalue weighted by Gasteiger charge is -2.16. The van der Waals surface area contributed by atoms with Crippen LogP contribution in [0.3, 0.4) is 0 Å². The van der Waals surface area contributed by atoms with Gasteiger partial charge in [0.25, 0.3) is 0 Å². The third-order valence-electron chi connectivity index (χ3n) is 3.22. The molecule has 2 N–H and O–H groups in total. The topological polar surface area (TPSA) is 41.1 Å². The first kappa shape index (κ1) is 14.1. The second kappa shape index (κ2) is 6.75. The molecule has 2 aromatic carbocycles. The van der Waals surface area contributed by atoms with E-state index in [-0.39, 0.29) is 11.9 Å². The predicted molar refractivity (Wildman–Crippen MR) is 82.6 cm³/mol. The molecular weight excluding hydrogens is 248 g/mol. The van der Waals surface area contributed by atoms with E-state index in [4.69, 9.17) is 0 Å². The summed E-state index contributed by atoms with van der Waals surface area (Å²) >= 11 is 0. The van der Waals surface area contributed by atoms with Crippen LogP contribution in [0.4, 0.5) is 5.69 Å². The minimum Gasteiger partial charge on any atom is -0.374 e. The molecule has 0 saturated carbocycles. The molecule has 0 aliphatic carbocycles. The number of aryl methyl sites for hydroxylation is 1. The van der Waals surface area contributed by atoms with Crippen molar-refractivity contribution in [2.75, 3.05) is 5.32 Å². The number of hydrogen-bond acceptors (Lipinski definition) is 2. The summed E-state index contributed by atoms with van der Waals surface area (Å²) in [6.45, 7) is 4.45. The summed E-state index contributed by atoms with van der Waals surface area (Å²) in [4.78, 5) is 12.1. The number of carbonyl (C=O) groups is 1. The number of benzene rings is 2. The summed E-state index contributed by atoms with van der Waals surface area (Å²) in [6, 6.07) is 17.6. The first-order valence-electron chi connectivity index (χ1n) is 6.80. The Morgan fingerprint density at radius 3 is 2.40 bits per heavy atom. The van der Waals surface area contributed by atoms with Gasteiger partial charge < -0.3 is 10.6 Å². The fourth-order valence-electron chi connectivity index (χ4n) is 1.97. The van der Waals surface area contributed by atoms with E-state index >= 15 is 0 Å². The quantitative estimate of drug-likeness (QED) is 0.875. The van der Waals surface area contributed by atoms with Crippen LogP contribution >= 0.6 is 0 Å². The van der Waals surface area contributed by atoms with Crippen LogP contribution in [0.2, 0.25) is 0 Å². The summed E-state index contributed by atoms with van der Waals surface area (Å²) < 4.78 is 0. The number of rotatable bonds is 5. The van der Waals surface area contributed by atoms with Crippen LogP contribution in [-0.4, -0.2) is 11.9 Å². The Labute approximate surface area is 120 Å². The monoisotopic (exact) mass is 268 g/mol. The lowest BCUT2D eigenvalue weighted by molar-refractivity contribution is -0.121. The van der Waals surface area contributed by atoms with Crippen molar-refractivity contribution in [3.8, 4) is 0 Å². The third kappa shape index (κ3) is 3.85. The number of carbonyl (C=O) groups excluding carboxylic acids is 1. The van der Waals surface area contributed by atoms with E-state index in [1.54, 1.807) is 0 Å². The van der Waals surface area contributed by atoms with E-state index in [2.05, 4.69) is 10.6 Å². The Morgan fingerprint density at radius 1 is 1.05 bits per heavy atom. The normalized spacial score (nSPS) is 11.7. The van der Waals surface area contributed by atoms with Crippen molar-refractivity contribution in [2.45, 2.75) is 26.4 Å². The smallest absolute Gasteiger partial charge is 0.242 e. The van der Waals surface area contributed by atoms with Crippen molar-refractivity contribution in [3.05, 3.63) is 65.7 Å². The summed E-state index contributed by atoms with van der Waals surface area (Å²) in [6.07, 6.45) is 0. The van der Waals surface area contributed by atoms with E-state index in [9.17, 15) is 4.79 Å². The number of para-hydroxylation sites is 1. The van der Waals surface area contributed by atoms with Crippen molar-refractivity contribution in [3.63, 3.8) is 0 Å². The number of anilines is 1. The molecule has 0 bridgehead atoms. The van der Waals surface area contributed by atoms with Crippen LogP contribution in [-0.2, 0) is 11.3 Å². The average molecular weight is 268 g/mol. The molecule has 0 heterocycles. The zero-order valence-corrected chi connectivity index (χ0v) is 11.9. The lowest BCUT2D eigenvalue weighted by atomic mass is 10.1. The Bertz CT molecular complexity index is 566. The van der Waals surface area contributed by atoms with Gasteiger partial charge in [-0.2, -0.15) is 0 Å². The van der Waals surface area contributed by atoms with Gasteiger partial charge in [-0.15, -0.1) is 0 Å². The zero-order valence-electron chi connectivity index (χ0n) is 11.9. The molecule has 0 spiro atoms. The molecule has 0 radical (unpaired) electrons. The minimum absolute atomic E-state index is 0.00268. The summed E-state index contributed by atoms with van der Waals surface area (Å²) in [5.74, 6) is -0.00268. The highest BCUT2D eigenvalue weighted by atomic mass is 16.2. The maximum absolute atomic E-state index is 12.1. The second-order valence-corrected chi connectivity index (χ2v) is 4.88. The zero-order chi connectivity index (χ0) is 14.4. The van der Waals surface area contributed by atoms with Crippen molar-refractivity contribution in [1.82, 2.24) is 5.32 Å². The molecule has 0 saturated heterocycles. The molecule has 0 fully saturated rings. The van der Waals surface area contributed by atoms with Gasteiger partial charge >= 0.3 is 0 Å². The molecule has 0 aliphatic heterocycles. The summed E-state index contributed by atoms with van der Waals surface area (Å²) in [5, 5.41) is 6.17. The molecular formula is C17H20N2O. The number of hydrogen-bond donors (Lipinski definition) is 2. The van der Waals surface area contributed by atoms with Gasteiger partial charge in [0.1, 0.15) is 6.04 Å². The van der Waals surface area contributed by atoms with E-state index < -0.39 is 0 Å². The van der Waals surface area contributed by atoms with Crippen molar-refractivity contribution in [1.29, 1.82) is 0 Å². The Kier molecular flexibility index (Phi) is 4.77. The van der Waals surface area contributed by atoms with Gasteiger partial charge in [0.05, 0.1) is 0 Å². The van der Waals surface area contributed by atoms with Gasteiger partial charge in [-0.25, -0.2) is 0 Å². The van der Waals surface area contributed by atoms with Crippen molar-refractivity contribution < 1.29 is 4.79 Å². The molecule has 1 amide bonds. The van der Waals surface area contributed by atoms with Crippen LogP contribution in [0.1, 0.15) is 18.1 Å². The first-order chi connectivity index (χ1) is 9.66. The standard InChI is InChI=1S/C17H20N2O/c1-13-8-6-7-11-16(13)19-14(2)17(20)18-12-15-9-4-3-5-10-15/h3-11,14,19H,12H2,1-2H3,(H,18,20). The van der Waals surface area contributed by atoms with Gasteiger partial charge in [0.2, 0.25) is 5.91 Å². The molecule has 104 valence electrons. The minimum atomic E-state index is -0.264. The van der Waals surface area contributed by atoms with Crippen LogP contribution < -0.4 is 10.6 Å². The highest BCUT2D eigenvalue weighted by Gasteiger charge is 2.12. The molecule has 20 heavy (non-hydrogen) atoms. The molecule has 0 aliphatic rings. The van der Waals surface area contributed by atoms with Gasteiger partial charge in [-0.05, 0) is 31.0 Å². The second-order valence-electron chi connectivity index (χ2n) is 4.88. The number of amides is 1. The van der Waals surface area contributed by atoms with Gasteiger partial charge in [0.15, 0.2) is 0 Å². The SMILES string of the molecule is Cc1ccccc1NC(C)C(=O)NCc1ccccc1. The molecule has 1 unspecified atom stereocenters. The summed E-state index contributed by atoms with van der Waals surface area (Å²) in [7, 11) is 0. The van der Waals surface area contributed by atoms with E-state index in [0.717, 1.165) is 16.8 Å². The highest BCUT2D eigenvalue weighted by Crippen LogP contribution is 2.14. The van der Waals surface area contributed by atoms with E-state index in [1.807, 2.05) is 68.4 Å². The van der Waals surface area contributed by atoms with E-state index in [0.29, 0.717) is 6.54 Å². The van der Waals surface area contributed by atoms with Crippen LogP contribution in [0.5, 0.6) is 0 Å². The molecule has 2 aromatic rings. The van der Waals surface area contributed by atoms with Crippen LogP contribution in [0, 0.1) is 6.92 Å². The van der Waals surface area contributed by atoms with Gasteiger partial charge in [-0.1, -0.05) is 48.5 Å². The third-order valence-corrected chi connectivity index (χ3v) is 3.22. The Morgan fingerprint density at radius 2 is 1.70 bits per heavy atom. The van der Waals surface area contributed by atoms with E-state index in [1.165, 1.54) is 0 Å². The molecule has 2 rings (SSSR count). The van der Waals surface area contributed by atoms with Gasteiger partial charge in [0, 0.05) is 12.2 Å². The lowest BCUT2D eigenvalue weighted by Crippen LogP contribution is -2.37. The largest absolute Gasteiger partial charge is 0.374 e. The molecule has 3 heteroatoms. The fraction of sp³-hybridized carbons (Fsp3) is 0.235. The Balaban J connectivity index is 1.88. The Hall–Kier alpha value is -2.29.